The zero-order valence-corrected chi connectivity index (χ0v) is 14.0. The molecule has 7 heteroatoms. The molecule has 0 aliphatic heterocycles. The SMILES string of the molecule is COc1ccc([C@@H](O)CNC(=O)C(=O)NC2CCCC2)cc1OC. The monoisotopic (exact) mass is 336 g/mol. The molecule has 1 atom stereocenters. The minimum absolute atomic E-state index is 0.0631. The van der Waals surface area contributed by atoms with Crippen molar-refractivity contribution in [3.63, 3.8) is 0 Å². The molecule has 0 radical (unpaired) electrons. The molecule has 2 amide bonds. The molecule has 24 heavy (non-hydrogen) atoms. The Hall–Kier alpha value is -2.28. The van der Waals surface area contributed by atoms with Crippen molar-refractivity contribution in [2.24, 2.45) is 0 Å². The van der Waals surface area contributed by atoms with Crippen LogP contribution in [0.25, 0.3) is 0 Å². The Balaban J connectivity index is 1.86. The Morgan fingerprint density at radius 1 is 1.17 bits per heavy atom. The van der Waals surface area contributed by atoms with E-state index in [1.54, 1.807) is 18.2 Å². The van der Waals surface area contributed by atoms with Gasteiger partial charge in [-0.1, -0.05) is 18.9 Å². The molecular formula is C17H24N2O5. The summed E-state index contributed by atoms with van der Waals surface area (Å²) < 4.78 is 10.3. The number of nitrogens with one attached hydrogen (secondary N) is 2. The van der Waals surface area contributed by atoms with Crippen LogP contribution in [0.2, 0.25) is 0 Å². The number of amides is 2. The van der Waals surface area contributed by atoms with Crippen molar-refractivity contribution in [3.8, 4) is 11.5 Å². The highest BCUT2D eigenvalue weighted by Crippen LogP contribution is 2.29. The van der Waals surface area contributed by atoms with Crippen LogP contribution in [0.3, 0.4) is 0 Å². The minimum Gasteiger partial charge on any atom is -0.493 e. The molecule has 1 aliphatic rings. The maximum Gasteiger partial charge on any atom is 0.309 e. The van der Waals surface area contributed by atoms with Gasteiger partial charge in [0.2, 0.25) is 0 Å². The summed E-state index contributed by atoms with van der Waals surface area (Å²) in [5.74, 6) is -0.351. The number of aliphatic hydroxyl groups excluding tert-OH is 1. The Kier molecular flexibility index (Phi) is 6.43. The van der Waals surface area contributed by atoms with E-state index >= 15 is 0 Å². The second-order valence-corrected chi connectivity index (χ2v) is 5.80. The van der Waals surface area contributed by atoms with Gasteiger partial charge in [-0.05, 0) is 30.5 Å². The summed E-state index contributed by atoms with van der Waals surface area (Å²) in [7, 11) is 3.03. The van der Waals surface area contributed by atoms with Gasteiger partial charge in [0.15, 0.2) is 11.5 Å². The number of hydrogen-bond donors (Lipinski definition) is 3. The lowest BCUT2D eigenvalue weighted by molar-refractivity contribution is -0.139. The standard InChI is InChI=1S/C17H24N2O5/c1-23-14-8-7-11(9-15(14)24-2)13(20)10-18-16(21)17(22)19-12-5-3-4-6-12/h7-9,12-13,20H,3-6,10H2,1-2H3,(H,18,21)(H,19,22)/t13-/m0/s1. The topological polar surface area (TPSA) is 96.9 Å². The summed E-state index contributed by atoms with van der Waals surface area (Å²) in [6.45, 7) is -0.0631. The fourth-order valence-electron chi connectivity index (χ4n) is 2.77. The number of ether oxygens (including phenoxy) is 2. The molecule has 0 heterocycles. The molecule has 7 nitrogen and oxygen atoms in total. The fourth-order valence-corrected chi connectivity index (χ4v) is 2.77. The fraction of sp³-hybridized carbons (Fsp3) is 0.529. The van der Waals surface area contributed by atoms with E-state index in [-0.39, 0.29) is 12.6 Å². The smallest absolute Gasteiger partial charge is 0.309 e. The number of rotatable bonds is 6. The molecule has 1 aliphatic carbocycles. The van der Waals surface area contributed by atoms with Crippen molar-refractivity contribution in [1.29, 1.82) is 0 Å². The second kappa shape index (κ2) is 8.54. The number of benzene rings is 1. The Morgan fingerprint density at radius 2 is 1.83 bits per heavy atom. The maximum atomic E-state index is 11.8. The minimum atomic E-state index is -0.951. The molecule has 2 rings (SSSR count). The van der Waals surface area contributed by atoms with Gasteiger partial charge in [-0.15, -0.1) is 0 Å². The molecule has 1 aromatic carbocycles. The van der Waals surface area contributed by atoms with E-state index in [1.807, 2.05) is 0 Å². The highest BCUT2D eigenvalue weighted by Gasteiger charge is 2.22. The number of aliphatic hydroxyl groups is 1. The third-order valence-electron chi connectivity index (χ3n) is 4.14. The second-order valence-electron chi connectivity index (χ2n) is 5.80. The van der Waals surface area contributed by atoms with Crippen molar-refractivity contribution >= 4 is 11.8 Å². The third-order valence-corrected chi connectivity index (χ3v) is 4.14. The van der Waals surface area contributed by atoms with Crippen LogP contribution in [0, 0.1) is 0 Å². The normalized spacial score (nSPS) is 15.6. The van der Waals surface area contributed by atoms with Crippen LogP contribution in [0.4, 0.5) is 0 Å². The average molecular weight is 336 g/mol. The molecule has 0 spiro atoms. The van der Waals surface area contributed by atoms with E-state index in [2.05, 4.69) is 10.6 Å². The lowest BCUT2D eigenvalue weighted by Gasteiger charge is -2.15. The van der Waals surface area contributed by atoms with E-state index < -0.39 is 17.9 Å². The highest BCUT2D eigenvalue weighted by molar-refractivity contribution is 6.35. The van der Waals surface area contributed by atoms with Crippen LogP contribution in [-0.2, 0) is 9.59 Å². The lowest BCUT2D eigenvalue weighted by atomic mass is 10.1. The van der Waals surface area contributed by atoms with Crippen molar-refractivity contribution in [1.82, 2.24) is 10.6 Å². The molecule has 0 aromatic heterocycles. The van der Waals surface area contributed by atoms with Crippen molar-refractivity contribution in [2.75, 3.05) is 20.8 Å². The molecule has 3 N–H and O–H groups in total. The number of carbonyl (C=O) groups is 2. The van der Waals surface area contributed by atoms with Crippen LogP contribution < -0.4 is 20.1 Å². The Bertz CT molecular complexity index is 584. The van der Waals surface area contributed by atoms with Crippen LogP contribution in [0.1, 0.15) is 37.4 Å². The largest absolute Gasteiger partial charge is 0.493 e. The quantitative estimate of drug-likeness (QED) is 0.671. The molecule has 0 unspecified atom stereocenters. The maximum absolute atomic E-state index is 11.8. The number of hydrogen-bond acceptors (Lipinski definition) is 5. The summed E-state index contributed by atoms with van der Waals surface area (Å²) in [6, 6.07) is 5.07. The van der Waals surface area contributed by atoms with Gasteiger partial charge < -0.3 is 25.2 Å². The van der Waals surface area contributed by atoms with Crippen LogP contribution >= 0.6 is 0 Å². The van der Waals surface area contributed by atoms with Gasteiger partial charge in [0.25, 0.3) is 0 Å². The molecule has 1 aromatic rings. The summed E-state index contributed by atoms with van der Waals surface area (Å²) in [5, 5.41) is 15.3. The predicted molar refractivity (Wildman–Crippen MR) is 87.9 cm³/mol. The molecule has 0 bridgehead atoms. The molecular weight excluding hydrogens is 312 g/mol. The van der Waals surface area contributed by atoms with Gasteiger partial charge in [-0.2, -0.15) is 0 Å². The van der Waals surface area contributed by atoms with Gasteiger partial charge in [0.05, 0.1) is 20.3 Å². The Morgan fingerprint density at radius 3 is 2.46 bits per heavy atom. The van der Waals surface area contributed by atoms with E-state index in [4.69, 9.17) is 9.47 Å². The first-order valence-electron chi connectivity index (χ1n) is 8.03. The lowest BCUT2D eigenvalue weighted by Crippen LogP contribution is -2.44. The van der Waals surface area contributed by atoms with E-state index in [0.717, 1.165) is 25.7 Å². The highest BCUT2D eigenvalue weighted by atomic mass is 16.5. The van der Waals surface area contributed by atoms with E-state index in [9.17, 15) is 14.7 Å². The summed E-state index contributed by atoms with van der Waals surface area (Å²) in [5.41, 5.74) is 0.559. The van der Waals surface area contributed by atoms with Gasteiger partial charge in [-0.3, -0.25) is 9.59 Å². The van der Waals surface area contributed by atoms with Gasteiger partial charge in [0, 0.05) is 12.6 Å². The van der Waals surface area contributed by atoms with Crippen LogP contribution in [0.15, 0.2) is 18.2 Å². The van der Waals surface area contributed by atoms with Crippen molar-refractivity contribution < 1.29 is 24.2 Å². The molecule has 132 valence electrons. The predicted octanol–water partition coefficient (Wildman–Crippen LogP) is 0.912. The zero-order valence-electron chi connectivity index (χ0n) is 14.0. The van der Waals surface area contributed by atoms with Gasteiger partial charge in [-0.25, -0.2) is 0 Å². The number of carbonyl (C=O) groups excluding carboxylic acids is 2. The first-order chi connectivity index (χ1) is 11.5. The molecule has 1 saturated carbocycles. The number of methoxy groups -OCH3 is 2. The first kappa shape index (κ1) is 18.1. The van der Waals surface area contributed by atoms with Crippen LogP contribution in [-0.4, -0.2) is 43.7 Å². The Labute approximate surface area is 141 Å². The summed E-state index contributed by atoms with van der Waals surface area (Å²) >= 11 is 0. The molecule has 0 saturated heterocycles. The summed E-state index contributed by atoms with van der Waals surface area (Å²) in [4.78, 5) is 23.6. The van der Waals surface area contributed by atoms with Gasteiger partial charge >= 0.3 is 11.8 Å². The van der Waals surface area contributed by atoms with Crippen molar-refractivity contribution in [3.05, 3.63) is 23.8 Å². The van der Waals surface area contributed by atoms with E-state index in [0.29, 0.717) is 17.1 Å². The van der Waals surface area contributed by atoms with E-state index in [1.165, 1.54) is 14.2 Å². The third kappa shape index (κ3) is 4.61. The summed E-state index contributed by atoms with van der Waals surface area (Å²) in [6.07, 6.45) is 3.02. The van der Waals surface area contributed by atoms with Crippen LogP contribution in [0.5, 0.6) is 11.5 Å². The van der Waals surface area contributed by atoms with Gasteiger partial charge in [0.1, 0.15) is 0 Å². The average Bonchev–Trinajstić information content (AvgIpc) is 3.11. The first-order valence-corrected chi connectivity index (χ1v) is 8.03. The molecule has 1 fully saturated rings. The van der Waals surface area contributed by atoms with Crippen molar-refractivity contribution in [2.45, 2.75) is 37.8 Å². The zero-order chi connectivity index (χ0) is 17.5.